The van der Waals surface area contributed by atoms with Gasteiger partial charge in [0.1, 0.15) is 17.7 Å². The van der Waals surface area contributed by atoms with E-state index in [4.69, 9.17) is 0 Å². The molecule has 1 aromatic heterocycles. The Bertz CT molecular complexity index is 1050. The Morgan fingerprint density at radius 1 is 1.24 bits per heavy atom. The van der Waals surface area contributed by atoms with E-state index < -0.39 is 11.6 Å². The maximum atomic E-state index is 13.4. The zero-order chi connectivity index (χ0) is 24.7. The number of nitrogens with one attached hydrogen (secondary N) is 2. The van der Waals surface area contributed by atoms with Gasteiger partial charge in [0.05, 0.1) is 0 Å². The van der Waals surface area contributed by atoms with Crippen LogP contribution in [0.5, 0.6) is 0 Å². The van der Waals surface area contributed by atoms with Crippen LogP contribution in [0.15, 0.2) is 48.7 Å². The fourth-order valence-corrected chi connectivity index (χ4v) is 3.84. The number of halogens is 1. The van der Waals surface area contributed by atoms with Crippen LogP contribution < -0.4 is 10.6 Å². The van der Waals surface area contributed by atoms with Gasteiger partial charge in [0.15, 0.2) is 0 Å². The maximum absolute atomic E-state index is 13.4. The summed E-state index contributed by atoms with van der Waals surface area (Å²) in [4.78, 5) is 30.3. The summed E-state index contributed by atoms with van der Waals surface area (Å²) in [5, 5.41) is 6.04. The molecule has 182 valence electrons. The zero-order valence-corrected chi connectivity index (χ0v) is 20.5. The van der Waals surface area contributed by atoms with Gasteiger partial charge < -0.3 is 15.2 Å². The highest BCUT2D eigenvalue weighted by molar-refractivity contribution is 5.89. The lowest BCUT2D eigenvalue weighted by Gasteiger charge is -2.29. The number of allylic oxidation sites excluding steroid dienone is 3. The second-order valence-corrected chi connectivity index (χ2v) is 9.56. The first-order chi connectivity index (χ1) is 16.2. The zero-order valence-electron chi connectivity index (χ0n) is 20.5. The van der Waals surface area contributed by atoms with Crippen molar-refractivity contribution in [3.8, 4) is 0 Å². The van der Waals surface area contributed by atoms with Crippen LogP contribution in [0.1, 0.15) is 57.1 Å². The summed E-state index contributed by atoms with van der Waals surface area (Å²) in [6.07, 6.45) is 13.1. The molecule has 0 aliphatic heterocycles. The number of nitrogens with zero attached hydrogens (tertiary/aromatic N) is 2. The predicted octanol–water partition coefficient (Wildman–Crippen LogP) is 4.34. The topological polar surface area (TPSA) is 76.0 Å². The minimum Gasteiger partial charge on any atom is -0.349 e. The minimum absolute atomic E-state index is 0.00625. The van der Waals surface area contributed by atoms with E-state index in [9.17, 15) is 14.0 Å². The van der Waals surface area contributed by atoms with E-state index in [2.05, 4.69) is 28.6 Å². The largest absolute Gasteiger partial charge is 0.349 e. The molecule has 34 heavy (non-hydrogen) atoms. The third-order valence-corrected chi connectivity index (χ3v) is 5.79. The average molecular weight is 467 g/mol. The maximum Gasteiger partial charge on any atom is 0.243 e. The van der Waals surface area contributed by atoms with E-state index in [1.165, 1.54) is 12.1 Å². The summed E-state index contributed by atoms with van der Waals surface area (Å²) in [7, 11) is 0. The van der Waals surface area contributed by atoms with Crippen molar-refractivity contribution in [2.45, 2.75) is 71.4 Å². The highest BCUT2D eigenvalue weighted by Crippen LogP contribution is 2.29. The molecular weight excluding hydrogens is 431 g/mol. The molecule has 0 radical (unpaired) electrons. The number of imidazole rings is 1. The Labute approximate surface area is 201 Å². The second kappa shape index (κ2) is 11.3. The Morgan fingerprint density at radius 3 is 2.59 bits per heavy atom. The first kappa shape index (κ1) is 25.4. The van der Waals surface area contributed by atoms with Crippen LogP contribution >= 0.6 is 0 Å². The van der Waals surface area contributed by atoms with Crippen LogP contribution in [-0.4, -0.2) is 32.9 Å². The number of carbonyl (C=O) groups excluding carboxylic acids is 2. The van der Waals surface area contributed by atoms with Crippen molar-refractivity contribution >= 4 is 18.0 Å². The molecule has 1 saturated carbocycles. The van der Waals surface area contributed by atoms with E-state index in [1.807, 2.05) is 43.7 Å². The van der Waals surface area contributed by atoms with E-state index in [0.717, 1.165) is 36.3 Å². The van der Waals surface area contributed by atoms with E-state index in [1.54, 1.807) is 18.3 Å². The van der Waals surface area contributed by atoms with Gasteiger partial charge in [0, 0.05) is 36.0 Å². The van der Waals surface area contributed by atoms with Crippen molar-refractivity contribution in [3.63, 3.8) is 0 Å². The number of amides is 2. The molecular formula is C27H35FN4O2. The molecule has 6 nitrogen and oxygen atoms in total. The van der Waals surface area contributed by atoms with Gasteiger partial charge in [0.25, 0.3) is 0 Å². The van der Waals surface area contributed by atoms with Gasteiger partial charge in [-0.25, -0.2) is 9.37 Å². The molecule has 1 unspecified atom stereocenters. The third-order valence-electron chi connectivity index (χ3n) is 5.79. The molecule has 2 amide bonds. The van der Waals surface area contributed by atoms with Crippen molar-refractivity contribution in [1.29, 1.82) is 0 Å². The van der Waals surface area contributed by atoms with E-state index in [-0.39, 0.29) is 23.5 Å². The molecule has 1 atom stereocenters. The quantitative estimate of drug-likeness (QED) is 0.484. The van der Waals surface area contributed by atoms with Crippen LogP contribution in [0.2, 0.25) is 0 Å². The summed E-state index contributed by atoms with van der Waals surface area (Å²) in [6.45, 7) is 7.82. The first-order valence-electron chi connectivity index (χ1n) is 11.9. The molecule has 3 rings (SSSR count). The lowest BCUT2D eigenvalue weighted by Crippen LogP contribution is -2.55. The number of aromatic nitrogens is 2. The van der Waals surface area contributed by atoms with E-state index in [0.29, 0.717) is 12.8 Å². The van der Waals surface area contributed by atoms with Crippen LogP contribution in [0.3, 0.4) is 0 Å². The third kappa shape index (κ3) is 7.40. The highest BCUT2D eigenvalue weighted by Gasteiger charge is 2.34. The summed E-state index contributed by atoms with van der Waals surface area (Å²) in [5.41, 5.74) is 1.17. The van der Waals surface area contributed by atoms with Gasteiger partial charge in [-0.2, -0.15) is 0 Å². The lowest BCUT2D eigenvalue weighted by molar-refractivity contribution is -0.130. The van der Waals surface area contributed by atoms with Crippen LogP contribution in [0, 0.1) is 18.7 Å². The molecule has 2 aromatic rings. The number of hydrogen-bond acceptors (Lipinski definition) is 3. The second-order valence-electron chi connectivity index (χ2n) is 9.56. The van der Waals surface area contributed by atoms with Crippen molar-refractivity contribution < 1.29 is 14.0 Å². The summed E-state index contributed by atoms with van der Waals surface area (Å²) in [6, 6.07) is 5.54. The number of rotatable bonds is 11. The van der Waals surface area contributed by atoms with Gasteiger partial charge in [-0.05, 0) is 70.2 Å². The van der Waals surface area contributed by atoms with Gasteiger partial charge in [0.2, 0.25) is 11.8 Å². The number of aryl methyl sites for hydroxylation is 1. The first-order valence-corrected chi connectivity index (χ1v) is 11.9. The SMILES string of the molecule is CC/C=C/C=C\n1c(CC(NC(=O)C2CC2)C(=O)NC(C)(C)Cc2ccc(F)cc2)cnc1C. The van der Waals surface area contributed by atoms with Gasteiger partial charge >= 0.3 is 0 Å². The van der Waals surface area contributed by atoms with Crippen LogP contribution in [0.4, 0.5) is 4.39 Å². The molecule has 1 aliphatic rings. The Balaban J connectivity index is 1.76. The Hall–Kier alpha value is -3.22. The molecule has 1 heterocycles. The van der Waals surface area contributed by atoms with Crippen molar-refractivity contribution in [1.82, 2.24) is 20.2 Å². The summed E-state index contributed by atoms with van der Waals surface area (Å²) < 4.78 is 15.2. The number of benzene rings is 1. The fourth-order valence-electron chi connectivity index (χ4n) is 3.84. The van der Waals surface area contributed by atoms with Crippen molar-refractivity contribution in [3.05, 3.63) is 71.6 Å². The van der Waals surface area contributed by atoms with Crippen molar-refractivity contribution in [2.75, 3.05) is 0 Å². The number of carbonyl (C=O) groups is 2. The van der Waals surface area contributed by atoms with Gasteiger partial charge in [-0.1, -0.05) is 31.2 Å². The Morgan fingerprint density at radius 2 is 1.94 bits per heavy atom. The molecule has 1 aromatic carbocycles. The summed E-state index contributed by atoms with van der Waals surface area (Å²) >= 11 is 0. The van der Waals surface area contributed by atoms with Crippen molar-refractivity contribution in [2.24, 2.45) is 5.92 Å². The average Bonchev–Trinajstić information content (AvgIpc) is 3.57. The molecule has 0 saturated heterocycles. The van der Waals surface area contributed by atoms with Gasteiger partial charge in [-0.3, -0.25) is 9.59 Å². The van der Waals surface area contributed by atoms with E-state index >= 15 is 0 Å². The fraction of sp³-hybridized carbons (Fsp3) is 0.444. The van der Waals surface area contributed by atoms with Gasteiger partial charge in [-0.15, -0.1) is 0 Å². The smallest absolute Gasteiger partial charge is 0.243 e. The van der Waals surface area contributed by atoms with Crippen LogP contribution in [-0.2, 0) is 22.4 Å². The lowest BCUT2D eigenvalue weighted by atomic mass is 9.94. The molecule has 1 aliphatic carbocycles. The highest BCUT2D eigenvalue weighted by atomic mass is 19.1. The molecule has 2 N–H and O–H groups in total. The Kier molecular flexibility index (Phi) is 8.42. The van der Waals surface area contributed by atoms with Crippen LogP contribution in [0.25, 0.3) is 6.20 Å². The summed E-state index contributed by atoms with van der Waals surface area (Å²) in [5.74, 6) is 0.176. The minimum atomic E-state index is -0.727. The predicted molar refractivity (Wildman–Crippen MR) is 132 cm³/mol. The number of hydrogen-bond donors (Lipinski definition) is 2. The monoisotopic (exact) mass is 466 g/mol. The molecule has 0 spiro atoms. The normalized spacial score (nSPS) is 15.1. The molecule has 0 bridgehead atoms. The molecule has 1 fully saturated rings. The molecule has 7 heteroatoms. The standard InChI is InChI=1S/C27H35FN4O2/c1-5-6-7-8-15-32-19(2)29-18-23(32)16-24(30-25(33)21-11-12-21)26(34)31-27(3,4)17-20-9-13-22(28)14-10-20/h6-10,13-15,18,21,24H,5,11-12,16-17H2,1-4H3,(H,30,33)(H,31,34)/b7-6+,15-8-.